The van der Waals surface area contributed by atoms with Crippen LogP contribution in [0.15, 0.2) is 49.1 Å². The molecule has 0 atom stereocenters. The Kier molecular flexibility index (Phi) is 5.08. The number of anilines is 1. The van der Waals surface area contributed by atoms with Gasteiger partial charge in [0.25, 0.3) is 0 Å². The van der Waals surface area contributed by atoms with Gasteiger partial charge in [0.15, 0.2) is 0 Å². The molecule has 0 aliphatic carbocycles. The predicted octanol–water partition coefficient (Wildman–Crippen LogP) is 2.24. The van der Waals surface area contributed by atoms with E-state index < -0.39 is 5.97 Å². The fourth-order valence-electron chi connectivity index (χ4n) is 1.89. The number of hydrogen-bond acceptors (Lipinski definition) is 4. The van der Waals surface area contributed by atoms with Gasteiger partial charge in [-0.25, -0.2) is 4.68 Å². The number of carbonyl (C=O) groups is 2. The summed E-state index contributed by atoms with van der Waals surface area (Å²) in [5.74, 6) is -0.374. The summed E-state index contributed by atoms with van der Waals surface area (Å²) in [4.78, 5) is 23.2. The van der Waals surface area contributed by atoms with E-state index in [0.717, 1.165) is 11.6 Å². The Bertz CT molecular complexity index is 677. The molecule has 0 saturated heterocycles. The number of carbonyl (C=O) groups excluding carboxylic acids is 2. The van der Waals surface area contributed by atoms with E-state index in [1.807, 2.05) is 30.3 Å². The molecule has 1 aromatic heterocycles. The molecule has 114 valence electrons. The lowest BCUT2D eigenvalue weighted by molar-refractivity contribution is -0.144. The summed E-state index contributed by atoms with van der Waals surface area (Å²) >= 11 is 0. The molecule has 6 nitrogen and oxygen atoms in total. The van der Waals surface area contributed by atoms with Crippen molar-refractivity contribution >= 4 is 17.7 Å². The SMILES string of the molecule is C=CC(=O)Nc1cc(-c2ccccc2)nn1CC(=O)OCC. The molecule has 0 aliphatic heterocycles. The second kappa shape index (κ2) is 7.21. The molecular formula is C16H17N3O3. The van der Waals surface area contributed by atoms with E-state index in [9.17, 15) is 9.59 Å². The molecule has 1 amide bonds. The van der Waals surface area contributed by atoms with Crippen LogP contribution in [0.5, 0.6) is 0 Å². The van der Waals surface area contributed by atoms with Crippen molar-refractivity contribution in [2.45, 2.75) is 13.5 Å². The van der Waals surface area contributed by atoms with Crippen molar-refractivity contribution in [2.24, 2.45) is 0 Å². The quantitative estimate of drug-likeness (QED) is 0.656. The lowest BCUT2D eigenvalue weighted by Gasteiger charge is -2.06. The zero-order valence-electron chi connectivity index (χ0n) is 12.3. The van der Waals surface area contributed by atoms with Crippen LogP contribution in [0.3, 0.4) is 0 Å². The Balaban J connectivity index is 2.32. The van der Waals surface area contributed by atoms with Crippen molar-refractivity contribution in [1.82, 2.24) is 9.78 Å². The van der Waals surface area contributed by atoms with E-state index in [2.05, 4.69) is 17.0 Å². The third-order valence-electron chi connectivity index (χ3n) is 2.87. The first kappa shape index (κ1) is 15.5. The standard InChI is InChI=1S/C16H17N3O3/c1-3-15(20)17-14-10-13(12-8-6-5-7-9-12)18-19(14)11-16(21)22-4-2/h3,5-10H,1,4,11H2,2H3,(H,17,20). The molecular weight excluding hydrogens is 282 g/mol. The highest BCUT2D eigenvalue weighted by molar-refractivity contribution is 5.98. The maximum Gasteiger partial charge on any atom is 0.327 e. The molecule has 0 bridgehead atoms. The lowest BCUT2D eigenvalue weighted by atomic mass is 10.2. The molecule has 1 aromatic carbocycles. The van der Waals surface area contributed by atoms with E-state index in [1.165, 1.54) is 4.68 Å². The largest absolute Gasteiger partial charge is 0.465 e. The third-order valence-corrected chi connectivity index (χ3v) is 2.87. The van der Waals surface area contributed by atoms with Crippen molar-refractivity contribution < 1.29 is 14.3 Å². The first-order chi connectivity index (χ1) is 10.6. The normalized spacial score (nSPS) is 10.0. The van der Waals surface area contributed by atoms with Crippen molar-refractivity contribution in [3.05, 3.63) is 49.1 Å². The van der Waals surface area contributed by atoms with Gasteiger partial charge < -0.3 is 10.1 Å². The molecule has 0 fully saturated rings. The number of rotatable bonds is 6. The minimum atomic E-state index is -0.417. The predicted molar refractivity (Wildman–Crippen MR) is 83.1 cm³/mol. The third kappa shape index (κ3) is 3.82. The number of aromatic nitrogens is 2. The Morgan fingerprint density at radius 1 is 1.36 bits per heavy atom. The Morgan fingerprint density at radius 2 is 2.09 bits per heavy atom. The zero-order chi connectivity index (χ0) is 15.9. The van der Waals surface area contributed by atoms with Gasteiger partial charge in [0.2, 0.25) is 5.91 Å². The topological polar surface area (TPSA) is 73.2 Å². The van der Waals surface area contributed by atoms with Crippen molar-refractivity contribution in [3.63, 3.8) is 0 Å². The summed E-state index contributed by atoms with van der Waals surface area (Å²) in [7, 11) is 0. The Morgan fingerprint density at radius 3 is 2.73 bits per heavy atom. The van der Waals surface area contributed by atoms with Crippen LogP contribution in [-0.4, -0.2) is 28.3 Å². The minimum Gasteiger partial charge on any atom is -0.465 e. The van der Waals surface area contributed by atoms with Gasteiger partial charge >= 0.3 is 5.97 Å². The summed E-state index contributed by atoms with van der Waals surface area (Å²) in [5, 5.41) is 6.99. The van der Waals surface area contributed by atoms with Gasteiger partial charge in [0.05, 0.1) is 12.3 Å². The van der Waals surface area contributed by atoms with Crippen molar-refractivity contribution in [1.29, 1.82) is 0 Å². The van der Waals surface area contributed by atoms with Gasteiger partial charge in [-0.05, 0) is 13.0 Å². The van der Waals surface area contributed by atoms with Gasteiger partial charge in [-0.2, -0.15) is 5.10 Å². The lowest BCUT2D eigenvalue weighted by Crippen LogP contribution is -2.18. The molecule has 6 heteroatoms. The molecule has 2 rings (SSSR count). The first-order valence-corrected chi connectivity index (χ1v) is 6.86. The van der Waals surface area contributed by atoms with Crippen LogP contribution >= 0.6 is 0 Å². The Labute approximate surface area is 128 Å². The maximum absolute atomic E-state index is 11.6. The molecule has 0 aliphatic rings. The molecule has 1 N–H and O–H groups in total. The molecule has 2 aromatic rings. The van der Waals surface area contributed by atoms with Gasteiger partial charge in [-0.15, -0.1) is 0 Å². The highest BCUT2D eigenvalue weighted by Crippen LogP contribution is 2.21. The van der Waals surface area contributed by atoms with E-state index in [4.69, 9.17) is 4.74 Å². The number of nitrogens with zero attached hydrogens (tertiary/aromatic N) is 2. The summed E-state index contributed by atoms with van der Waals surface area (Å²) < 4.78 is 6.32. The highest BCUT2D eigenvalue weighted by Gasteiger charge is 2.14. The molecule has 0 saturated carbocycles. The summed E-state index contributed by atoms with van der Waals surface area (Å²) in [6.45, 7) is 5.36. The van der Waals surface area contributed by atoms with Gasteiger partial charge in [0.1, 0.15) is 12.4 Å². The Hall–Kier alpha value is -2.89. The summed E-state index contributed by atoms with van der Waals surface area (Å²) in [6, 6.07) is 11.2. The number of nitrogens with one attached hydrogen (secondary N) is 1. The van der Waals surface area contributed by atoms with E-state index in [1.54, 1.807) is 13.0 Å². The number of esters is 1. The average Bonchev–Trinajstić information content (AvgIpc) is 2.91. The second-order valence-electron chi connectivity index (χ2n) is 4.44. The maximum atomic E-state index is 11.6. The number of benzene rings is 1. The molecule has 0 unspecified atom stereocenters. The summed E-state index contributed by atoms with van der Waals surface area (Å²) in [6.07, 6.45) is 1.16. The number of amides is 1. The van der Waals surface area contributed by atoms with E-state index >= 15 is 0 Å². The molecule has 0 radical (unpaired) electrons. The van der Waals surface area contributed by atoms with Crippen LogP contribution in [0, 0.1) is 0 Å². The molecule has 0 spiro atoms. The molecule has 22 heavy (non-hydrogen) atoms. The smallest absolute Gasteiger partial charge is 0.327 e. The zero-order valence-corrected chi connectivity index (χ0v) is 12.3. The molecule has 1 heterocycles. The van der Waals surface area contributed by atoms with Gasteiger partial charge in [-0.3, -0.25) is 9.59 Å². The van der Waals surface area contributed by atoms with E-state index in [0.29, 0.717) is 18.1 Å². The second-order valence-corrected chi connectivity index (χ2v) is 4.44. The monoisotopic (exact) mass is 299 g/mol. The number of hydrogen-bond donors (Lipinski definition) is 1. The number of ether oxygens (including phenoxy) is 1. The highest BCUT2D eigenvalue weighted by atomic mass is 16.5. The van der Waals surface area contributed by atoms with Crippen molar-refractivity contribution in [3.8, 4) is 11.3 Å². The first-order valence-electron chi connectivity index (χ1n) is 6.86. The van der Waals surface area contributed by atoms with Gasteiger partial charge in [0, 0.05) is 11.6 Å². The average molecular weight is 299 g/mol. The fraction of sp³-hybridized carbons (Fsp3) is 0.188. The van der Waals surface area contributed by atoms with Crippen LogP contribution in [0.2, 0.25) is 0 Å². The van der Waals surface area contributed by atoms with Gasteiger partial charge in [-0.1, -0.05) is 36.9 Å². The van der Waals surface area contributed by atoms with Crippen LogP contribution < -0.4 is 5.32 Å². The minimum absolute atomic E-state index is 0.0760. The summed E-state index contributed by atoms with van der Waals surface area (Å²) in [5.41, 5.74) is 1.54. The van der Waals surface area contributed by atoms with Crippen LogP contribution in [0.4, 0.5) is 5.82 Å². The van der Waals surface area contributed by atoms with Crippen LogP contribution in [0.25, 0.3) is 11.3 Å². The van der Waals surface area contributed by atoms with E-state index in [-0.39, 0.29) is 12.5 Å². The van der Waals surface area contributed by atoms with Crippen molar-refractivity contribution in [2.75, 3.05) is 11.9 Å². The fourth-order valence-corrected chi connectivity index (χ4v) is 1.89. The van der Waals surface area contributed by atoms with Crippen LogP contribution in [-0.2, 0) is 20.9 Å². The van der Waals surface area contributed by atoms with Crippen LogP contribution in [0.1, 0.15) is 6.92 Å².